The molecular formula is C15H16FN3O. The highest BCUT2D eigenvalue weighted by Crippen LogP contribution is 2.21. The van der Waals surface area contributed by atoms with Crippen molar-refractivity contribution in [2.45, 2.75) is 13.0 Å². The van der Waals surface area contributed by atoms with Crippen LogP contribution < -0.4 is 11.1 Å². The highest BCUT2D eigenvalue weighted by Gasteiger charge is 2.22. The van der Waals surface area contributed by atoms with Crippen LogP contribution in [0.25, 0.3) is 0 Å². The number of anilines is 1. The number of hydrogen-bond acceptors (Lipinski definition) is 3. The Morgan fingerprint density at radius 2 is 2.00 bits per heavy atom. The van der Waals surface area contributed by atoms with Gasteiger partial charge in [0.2, 0.25) is 5.91 Å². The Labute approximate surface area is 116 Å². The fourth-order valence-corrected chi connectivity index (χ4v) is 1.85. The van der Waals surface area contributed by atoms with Gasteiger partial charge >= 0.3 is 0 Å². The normalized spacial score (nSPS) is 13.6. The fraction of sp³-hybridized carbons (Fsp3) is 0.200. The van der Waals surface area contributed by atoms with Gasteiger partial charge in [0.25, 0.3) is 0 Å². The van der Waals surface area contributed by atoms with Crippen molar-refractivity contribution >= 4 is 11.6 Å². The molecule has 3 N–H and O–H groups in total. The van der Waals surface area contributed by atoms with Crippen molar-refractivity contribution in [3.63, 3.8) is 0 Å². The molecule has 2 unspecified atom stereocenters. The monoisotopic (exact) mass is 273 g/mol. The topological polar surface area (TPSA) is 68.0 Å². The lowest BCUT2D eigenvalue weighted by molar-refractivity contribution is -0.120. The summed E-state index contributed by atoms with van der Waals surface area (Å²) in [6, 6.07) is 10.3. The maximum absolute atomic E-state index is 13.4. The summed E-state index contributed by atoms with van der Waals surface area (Å²) in [5.74, 6) is -1.38. The molecule has 5 heteroatoms. The van der Waals surface area contributed by atoms with Gasteiger partial charge in [-0.1, -0.05) is 37.3 Å². The smallest absolute Gasteiger partial charge is 0.229 e. The zero-order chi connectivity index (χ0) is 14.5. The van der Waals surface area contributed by atoms with Crippen LogP contribution in [0, 0.1) is 11.7 Å². The number of aromatic nitrogens is 1. The van der Waals surface area contributed by atoms with E-state index in [1.165, 1.54) is 12.3 Å². The molecule has 2 rings (SSSR count). The number of hydrogen-bond donors (Lipinski definition) is 2. The van der Waals surface area contributed by atoms with Crippen LogP contribution in [0.3, 0.4) is 0 Å². The summed E-state index contributed by atoms with van der Waals surface area (Å²) in [6.07, 6.45) is 2.47. The molecule has 1 aromatic carbocycles. The van der Waals surface area contributed by atoms with Crippen LogP contribution in [0.2, 0.25) is 0 Å². The number of amides is 1. The van der Waals surface area contributed by atoms with Crippen LogP contribution in [-0.4, -0.2) is 10.9 Å². The largest absolute Gasteiger partial charge is 0.323 e. The van der Waals surface area contributed by atoms with E-state index in [1.807, 2.05) is 30.3 Å². The summed E-state index contributed by atoms with van der Waals surface area (Å²) >= 11 is 0. The van der Waals surface area contributed by atoms with E-state index in [-0.39, 0.29) is 11.6 Å². The predicted molar refractivity (Wildman–Crippen MR) is 75.4 cm³/mol. The quantitative estimate of drug-likeness (QED) is 0.899. The molecule has 0 fully saturated rings. The third kappa shape index (κ3) is 3.19. The lowest BCUT2D eigenvalue weighted by atomic mass is 9.94. The number of halogens is 1. The van der Waals surface area contributed by atoms with E-state index in [0.717, 1.165) is 11.8 Å². The molecule has 0 radical (unpaired) electrons. The molecule has 0 spiro atoms. The molecule has 0 bridgehead atoms. The van der Waals surface area contributed by atoms with Gasteiger partial charge in [-0.25, -0.2) is 4.39 Å². The zero-order valence-electron chi connectivity index (χ0n) is 11.1. The average molecular weight is 273 g/mol. The highest BCUT2D eigenvalue weighted by molar-refractivity contribution is 5.92. The van der Waals surface area contributed by atoms with E-state index in [4.69, 9.17) is 5.73 Å². The lowest BCUT2D eigenvalue weighted by Crippen LogP contribution is -2.30. The van der Waals surface area contributed by atoms with Gasteiger partial charge < -0.3 is 11.1 Å². The average Bonchev–Trinajstić information content (AvgIpc) is 2.49. The maximum atomic E-state index is 13.4. The first-order valence-corrected chi connectivity index (χ1v) is 6.30. The van der Waals surface area contributed by atoms with Crippen molar-refractivity contribution in [1.29, 1.82) is 0 Å². The van der Waals surface area contributed by atoms with Gasteiger partial charge in [-0.05, 0) is 11.6 Å². The number of carbonyl (C=O) groups excluding carboxylic acids is 1. The van der Waals surface area contributed by atoms with Gasteiger partial charge in [0.15, 0.2) is 5.82 Å². The van der Waals surface area contributed by atoms with Crippen LogP contribution in [0.4, 0.5) is 10.1 Å². The summed E-state index contributed by atoms with van der Waals surface area (Å²) in [6.45, 7) is 1.71. The predicted octanol–water partition coefficient (Wildman–Crippen LogP) is 2.50. The van der Waals surface area contributed by atoms with E-state index in [1.54, 1.807) is 6.92 Å². The maximum Gasteiger partial charge on any atom is 0.229 e. The van der Waals surface area contributed by atoms with E-state index in [2.05, 4.69) is 10.3 Å². The SMILES string of the molecule is CC(C(=O)Nc1ccncc1F)C(N)c1ccccc1. The Morgan fingerprint density at radius 3 is 2.65 bits per heavy atom. The minimum Gasteiger partial charge on any atom is -0.323 e. The number of nitrogens with one attached hydrogen (secondary N) is 1. The molecule has 1 heterocycles. The standard InChI is InChI=1S/C15H16FN3O/c1-10(14(17)11-5-3-2-4-6-11)15(20)19-13-7-8-18-9-12(13)16/h2-10,14H,17H2,1H3,(H,18,19,20). The summed E-state index contributed by atoms with van der Waals surface area (Å²) in [4.78, 5) is 15.7. The lowest BCUT2D eigenvalue weighted by Gasteiger charge is -2.19. The molecule has 20 heavy (non-hydrogen) atoms. The number of benzene rings is 1. The second kappa shape index (κ2) is 6.25. The second-order valence-electron chi connectivity index (χ2n) is 4.57. The molecule has 0 saturated carbocycles. The van der Waals surface area contributed by atoms with Crippen LogP contribution in [0.15, 0.2) is 48.8 Å². The Hall–Kier alpha value is -2.27. The summed E-state index contributed by atoms with van der Waals surface area (Å²) < 4.78 is 13.4. The summed E-state index contributed by atoms with van der Waals surface area (Å²) in [7, 11) is 0. The van der Waals surface area contributed by atoms with Gasteiger partial charge in [-0.3, -0.25) is 9.78 Å². The highest BCUT2D eigenvalue weighted by atomic mass is 19.1. The summed E-state index contributed by atoms with van der Waals surface area (Å²) in [5, 5.41) is 2.53. The van der Waals surface area contributed by atoms with Gasteiger partial charge in [-0.15, -0.1) is 0 Å². The Bertz CT molecular complexity index is 589. The Morgan fingerprint density at radius 1 is 1.30 bits per heavy atom. The first-order valence-electron chi connectivity index (χ1n) is 6.30. The molecule has 104 valence electrons. The minimum absolute atomic E-state index is 0.108. The van der Waals surface area contributed by atoms with Crippen molar-refractivity contribution in [3.8, 4) is 0 Å². The molecule has 4 nitrogen and oxygen atoms in total. The van der Waals surface area contributed by atoms with Gasteiger partial charge in [0.1, 0.15) is 0 Å². The molecule has 0 saturated heterocycles. The number of nitrogens with two attached hydrogens (primary N) is 1. The third-order valence-corrected chi connectivity index (χ3v) is 3.17. The third-order valence-electron chi connectivity index (χ3n) is 3.17. The van der Waals surface area contributed by atoms with Crippen molar-refractivity contribution in [2.24, 2.45) is 11.7 Å². The molecule has 0 aliphatic carbocycles. The van der Waals surface area contributed by atoms with Crippen LogP contribution >= 0.6 is 0 Å². The van der Waals surface area contributed by atoms with Crippen LogP contribution in [0.1, 0.15) is 18.5 Å². The van der Waals surface area contributed by atoms with Gasteiger partial charge in [-0.2, -0.15) is 0 Å². The van der Waals surface area contributed by atoms with E-state index < -0.39 is 17.8 Å². The Kier molecular flexibility index (Phi) is 4.42. The Balaban J connectivity index is 2.08. The molecular weight excluding hydrogens is 257 g/mol. The number of pyridine rings is 1. The zero-order valence-corrected chi connectivity index (χ0v) is 11.1. The first-order chi connectivity index (χ1) is 9.59. The minimum atomic E-state index is -0.568. The molecule has 0 aliphatic rings. The fourth-order valence-electron chi connectivity index (χ4n) is 1.85. The molecule has 0 aliphatic heterocycles. The second-order valence-corrected chi connectivity index (χ2v) is 4.57. The van der Waals surface area contributed by atoms with Crippen molar-refractivity contribution in [3.05, 3.63) is 60.2 Å². The van der Waals surface area contributed by atoms with Crippen molar-refractivity contribution in [2.75, 3.05) is 5.32 Å². The van der Waals surface area contributed by atoms with Gasteiger partial charge in [0.05, 0.1) is 17.8 Å². The number of nitrogens with zero attached hydrogens (tertiary/aromatic N) is 1. The number of rotatable bonds is 4. The molecule has 1 amide bonds. The molecule has 1 aromatic heterocycles. The van der Waals surface area contributed by atoms with Crippen molar-refractivity contribution in [1.82, 2.24) is 4.98 Å². The molecule has 2 atom stereocenters. The van der Waals surface area contributed by atoms with Crippen molar-refractivity contribution < 1.29 is 9.18 Å². The van der Waals surface area contributed by atoms with E-state index in [0.29, 0.717) is 0 Å². The number of carbonyl (C=O) groups is 1. The van der Waals surface area contributed by atoms with Gasteiger partial charge in [0, 0.05) is 12.2 Å². The van der Waals surface area contributed by atoms with E-state index >= 15 is 0 Å². The molecule has 2 aromatic rings. The van der Waals surface area contributed by atoms with Crippen LogP contribution in [0.5, 0.6) is 0 Å². The summed E-state index contributed by atoms with van der Waals surface area (Å²) in [5.41, 5.74) is 7.04. The first kappa shape index (κ1) is 14.1. The van der Waals surface area contributed by atoms with Crippen LogP contribution in [-0.2, 0) is 4.79 Å². The van der Waals surface area contributed by atoms with E-state index in [9.17, 15) is 9.18 Å².